The van der Waals surface area contributed by atoms with Crippen LogP contribution in [-0.4, -0.2) is 53.1 Å². The van der Waals surface area contributed by atoms with E-state index in [0.717, 1.165) is 19.0 Å². The Labute approximate surface area is 134 Å². The summed E-state index contributed by atoms with van der Waals surface area (Å²) in [6.07, 6.45) is 3.66. The van der Waals surface area contributed by atoms with Gasteiger partial charge in [0.1, 0.15) is 0 Å². The van der Waals surface area contributed by atoms with Gasteiger partial charge in [-0.2, -0.15) is 0 Å². The Balaban J connectivity index is 1.51. The van der Waals surface area contributed by atoms with Crippen LogP contribution in [0.5, 0.6) is 5.75 Å². The molecule has 1 saturated heterocycles. The average molecular weight is 318 g/mol. The number of halogens is 1. The van der Waals surface area contributed by atoms with E-state index >= 15 is 0 Å². The SMILES string of the molecule is Cn1ccnc1N1CCN(C(=O)COc2ccccc2F)CC1. The van der Waals surface area contributed by atoms with Crippen LogP contribution in [0.1, 0.15) is 0 Å². The summed E-state index contributed by atoms with van der Waals surface area (Å²) in [5.41, 5.74) is 0. The molecule has 1 amide bonds. The Morgan fingerprint density at radius 3 is 2.65 bits per heavy atom. The number of aryl methyl sites for hydroxylation is 1. The predicted octanol–water partition coefficient (Wildman–Crippen LogP) is 1.29. The van der Waals surface area contributed by atoms with Gasteiger partial charge < -0.3 is 19.1 Å². The first-order valence-electron chi connectivity index (χ1n) is 7.52. The lowest BCUT2D eigenvalue weighted by molar-refractivity contribution is -0.133. The molecule has 1 aromatic heterocycles. The number of hydrogen-bond acceptors (Lipinski definition) is 4. The minimum Gasteiger partial charge on any atom is -0.481 e. The third-order valence-corrected chi connectivity index (χ3v) is 3.90. The largest absolute Gasteiger partial charge is 0.481 e. The van der Waals surface area contributed by atoms with Crippen LogP contribution in [-0.2, 0) is 11.8 Å². The van der Waals surface area contributed by atoms with Gasteiger partial charge in [0.2, 0.25) is 5.95 Å². The van der Waals surface area contributed by atoms with Crippen molar-refractivity contribution in [1.29, 1.82) is 0 Å². The lowest BCUT2D eigenvalue weighted by Gasteiger charge is -2.35. The number of benzene rings is 1. The van der Waals surface area contributed by atoms with Gasteiger partial charge >= 0.3 is 0 Å². The van der Waals surface area contributed by atoms with E-state index in [1.54, 1.807) is 23.2 Å². The third kappa shape index (κ3) is 3.44. The second-order valence-electron chi connectivity index (χ2n) is 5.43. The van der Waals surface area contributed by atoms with Crippen molar-refractivity contribution in [3.63, 3.8) is 0 Å². The van der Waals surface area contributed by atoms with E-state index in [0.29, 0.717) is 13.1 Å². The zero-order chi connectivity index (χ0) is 16.2. The first-order chi connectivity index (χ1) is 11.1. The zero-order valence-electron chi connectivity index (χ0n) is 13.0. The number of amides is 1. The van der Waals surface area contributed by atoms with E-state index in [2.05, 4.69) is 9.88 Å². The number of imidazole rings is 1. The van der Waals surface area contributed by atoms with Crippen LogP contribution in [0.25, 0.3) is 0 Å². The number of hydrogen-bond donors (Lipinski definition) is 0. The normalized spacial score (nSPS) is 14.9. The summed E-state index contributed by atoms with van der Waals surface area (Å²) in [7, 11) is 1.95. The van der Waals surface area contributed by atoms with Crippen molar-refractivity contribution < 1.29 is 13.9 Å². The van der Waals surface area contributed by atoms with E-state index in [-0.39, 0.29) is 18.3 Å². The summed E-state index contributed by atoms with van der Waals surface area (Å²) < 4.78 is 20.7. The van der Waals surface area contributed by atoms with Gasteiger partial charge in [-0.15, -0.1) is 0 Å². The molecule has 1 aromatic carbocycles. The summed E-state index contributed by atoms with van der Waals surface area (Å²) in [5, 5.41) is 0. The molecule has 1 aliphatic rings. The molecule has 0 aliphatic carbocycles. The molecule has 3 rings (SSSR count). The number of anilines is 1. The van der Waals surface area contributed by atoms with Crippen LogP contribution >= 0.6 is 0 Å². The summed E-state index contributed by atoms with van der Waals surface area (Å²) in [6.45, 7) is 2.49. The van der Waals surface area contributed by atoms with Crippen LogP contribution in [0.3, 0.4) is 0 Å². The molecule has 1 fully saturated rings. The van der Waals surface area contributed by atoms with Crippen molar-refractivity contribution >= 4 is 11.9 Å². The van der Waals surface area contributed by atoms with E-state index in [4.69, 9.17) is 4.74 Å². The molecule has 0 spiro atoms. The highest BCUT2D eigenvalue weighted by molar-refractivity contribution is 5.78. The lowest BCUT2D eigenvalue weighted by atomic mass is 10.3. The fraction of sp³-hybridized carbons (Fsp3) is 0.375. The maximum atomic E-state index is 13.5. The molecule has 0 unspecified atom stereocenters. The molecule has 0 bridgehead atoms. The Hall–Kier alpha value is -2.57. The summed E-state index contributed by atoms with van der Waals surface area (Å²) >= 11 is 0. The number of ether oxygens (including phenoxy) is 1. The van der Waals surface area contributed by atoms with Gasteiger partial charge in [0.05, 0.1) is 0 Å². The quantitative estimate of drug-likeness (QED) is 0.852. The molecule has 0 saturated carbocycles. The molecular weight excluding hydrogens is 299 g/mol. The molecule has 122 valence electrons. The highest BCUT2D eigenvalue weighted by Crippen LogP contribution is 2.16. The van der Waals surface area contributed by atoms with Gasteiger partial charge in [0.25, 0.3) is 5.91 Å². The molecule has 0 radical (unpaired) electrons. The second-order valence-corrected chi connectivity index (χ2v) is 5.43. The molecule has 0 atom stereocenters. The Kier molecular flexibility index (Phi) is 4.45. The fourth-order valence-electron chi connectivity index (χ4n) is 2.61. The van der Waals surface area contributed by atoms with Crippen molar-refractivity contribution in [3.8, 4) is 5.75 Å². The minimum absolute atomic E-state index is 0.104. The number of carbonyl (C=O) groups excluding carboxylic acids is 1. The van der Waals surface area contributed by atoms with Crippen molar-refractivity contribution in [2.75, 3.05) is 37.7 Å². The van der Waals surface area contributed by atoms with Crippen molar-refractivity contribution in [3.05, 3.63) is 42.5 Å². The number of para-hydroxylation sites is 1. The topological polar surface area (TPSA) is 50.6 Å². The van der Waals surface area contributed by atoms with E-state index in [1.807, 2.05) is 17.8 Å². The van der Waals surface area contributed by atoms with Gasteiger partial charge in [0, 0.05) is 45.6 Å². The monoisotopic (exact) mass is 318 g/mol. The standard InChI is InChI=1S/C16H19FN4O2/c1-19-7-6-18-16(19)21-10-8-20(9-11-21)15(22)12-23-14-5-3-2-4-13(14)17/h2-7H,8-12H2,1H3. The molecular formula is C16H19FN4O2. The molecule has 6 nitrogen and oxygen atoms in total. The zero-order valence-corrected chi connectivity index (χ0v) is 13.0. The number of nitrogens with zero attached hydrogens (tertiary/aromatic N) is 4. The molecule has 2 aromatic rings. The van der Waals surface area contributed by atoms with Crippen LogP contribution in [0.2, 0.25) is 0 Å². The maximum absolute atomic E-state index is 13.5. The van der Waals surface area contributed by atoms with Crippen LogP contribution in [0.15, 0.2) is 36.7 Å². The van der Waals surface area contributed by atoms with Crippen LogP contribution in [0, 0.1) is 5.82 Å². The van der Waals surface area contributed by atoms with Crippen LogP contribution in [0.4, 0.5) is 10.3 Å². The average Bonchev–Trinajstić information content (AvgIpc) is 3.00. The van der Waals surface area contributed by atoms with E-state index in [1.165, 1.54) is 12.1 Å². The smallest absolute Gasteiger partial charge is 0.260 e. The molecule has 2 heterocycles. The fourth-order valence-corrected chi connectivity index (χ4v) is 2.61. The Morgan fingerprint density at radius 2 is 2.00 bits per heavy atom. The third-order valence-electron chi connectivity index (χ3n) is 3.90. The number of rotatable bonds is 4. The lowest BCUT2D eigenvalue weighted by Crippen LogP contribution is -2.50. The van der Waals surface area contributed by atoms with Gasteiger partial charge in [-0.3, -0.25) is 4.79 Å². The number of piperazine rings is 1. The summed E-state index contributed by atoms with van der Waals surface area (Å²) in [5.74, 6) is 0.417. The highest BCUT2D eigenvalue weighted by Gasteiger charge is 2.23. The van der Waals surface area contributed by atoms with Crippen molar-refractivity contribution in [2.45, 2.75) is 0 Å². The van der Waals surface area contributed by atoms with Gasteiger partial charge in [-0.1, -0.05) is 12.1 Å². The molecule has 23 heavy (non-hydrogen) atoms. The van der Waals surface area contributed by atoms with Gasteiger partial charge in [0.15, 0.2) is 18.2 Å². The molecule has 0 N–H and O–H groups in total. The predicted molar refractivity (Wildman–Crippen MR) is 83.9 cm³/mol. The van der Waals surface area contributed by atoms with Crippen LogP contribution < -0.4 is 9.64 Å². The first kappa shape index (κ1) is 15.3. The number of aromatic nitrogens is 2. The van der Waals surface area contributed by atoms with Gasteiger partial charge in [-0.25, -0.2) is 9.37 Å². The van der Waals surface area contributed by atoms with E-state index < -0.39 is 5.82 Å². The minimum atomic E-state index is -0.458. The second kappa shape index (κ2) is 6.68. The number of carbonyl (C=O) groups is 1. The van der Waals surface area contributed by atoms with E-state index in [9.17, 15) is 9.18 Å². The molecule has 7 heteroatoms. The maximum Gasteiger partial charge on any atom is 0.260 e. The summed E-state index contributed by atoms with van der Waals surface area (Å²) in [6, 6.07) is 6.09. The first-order valence-corrected chi connectivity index (χ1v) is 7.52. The molecule has 1 aliphatic heterocycles. The van der Waals surface area contributed by atoms with Gasteiger partial charge in [-0.05, 0) is 12.1 Å². The highest BCUT2D eigenvalue weighted by atomic mass is 19.1. The Bertz CT molecular complexity index is 680. The Morgan fingerprint density at radius 1 is 1.26 bits per heavy atom. The van der Waals surface area contributed by atoms with Crippen molar-refractivity contribution in [2.24, 2.45) is 7.05 Å². The van der Waals surface area contributed by atoms with Crippen molar-refractivity contribution in [1.82, 2.24) is 14.5 Å². The summed E-state index contributed by atoms with van der Waals surface area (Å²) in [4.78, 5) is 20.4.